The van der Waals surface area contributed by atoms with Gasteiger partial charge < -0.3 is 14.7 Å². The highest BCUT2D eigenvalue weighted by Crippen LogP contribution is 2.18. The molecule has 1 aliphatic heterocycles. The van der Waals surface area contributed by atoms with Gasteiger partial charge in [-0.05, 0) is 39.8 Å². The molecule has 4 nitrogen and oxygen atoms in total. The molecule has 1 heterocycles. The molecule has 1 fully saturated rings. The summed E-state index contributed by atoms with van der Waals surface area (Å²) >= 11 is 0. The predicted octanol–water partition coefficient (Wildman–Crippen LogP) is 1.35. The molecular formula is C11H21NO3. The van der Waals surface area contributed by atoms with Crippen LogP contribution in [-0.4, -0.2) is 48.3 Å². The molecule has 15 heavy (non-hydrogen) atoms. The summed E-state index contributed by atoms with van der Waals surface area (Å²) < 4.78 is 5.48. The molecule has 2 unspecified atom stereocenters. The summed E-state index contributed by atoms with van der Waals surface area (Å²) in [5.41, 5.74) is 0. The Kier molecular flexibility index (Phi) is 5.05. The molecule has 4 heteroatoms. The van der Waals surface area contributed by atoms with Crippen LogP contribution in [0.15, 0.2) is 0 Å². The maximum atomic E-state index is 10.4. The Balaban J connectivity index is 2.20. The van der Waals surface area contributed by atoms with Crippen LogP contribution in [0.1, 0.15) is 32.6 Å². The van der Waals surface area contributed by atoms with Crippen molar-refractivity contribution in [2.75, 3.05) is 20.2 Å². The van der Waals surface area contributed by atoms with Crippen LogP contribution in [0.3, 0.4) is 0 Å². The van der Waals surface area contributed by atoms with Gasteiger partial charge in [0.15, 0.2) is 0 Å². The van der Waals surface area contributed by atoms with Gasteiger partial charge >= 0.3 is 5.97 Å². The van der Waals surface area contributed by atoms with E-state index in [2.05, 4.69) is 18.9 Å². The molecule has 88 valence electrons. The fourth-order valence-electron chi connectivity index (χ4n) is 2.04. The number of nitrogens with zero attached hydrogens (tertiary/aromatic N) is 1. The van der Waals surface area contributed by atoms with E-state index in [1.54, 1.807) is 0 Å². The van der Waals surface area contributed by atoms with Crippen molar-refractivity contribution >= 4 is 5.97 Å². The molecule has 1 rings (SSSR count). The molecule has 0 aromatic rings. The van der Waals surface area contributed by atoms with Crippen LogP contribution in [-0.2, 0) is 9.53 Å². The Morgan fingerprint density at radius 2 is 2.33 bits per heavy atom. The summed E-state index contributed by atoms with van der Waals surface area (Å²) in [6.45, 7) is 3.79. The van der Waals surface area contributed by atoms with Gasteiger partial charge in [0, 0.05) is 19.1 Å². The lowest BCUT2D eigenvalue weighted by Gasteiger charge is -2.34. The topological polar surface area (TPSA) is 49.8 Å². The number of rotatable bonds is 5. The van der Waals surface area contributed by atoms with Crippen molar-refractivity contribution in [3.8, 4) is 0 Å². The lowest BCUT2D eigenvalue weighted by atomic mass is 10.0. The second-order valence-electron chi connectivity index (χ2n) is 4.34. The van der Waals surface area contributed by atoms with Crippen LogP contribution in [0.2, 0.25) is 0 Å². The van der Waals surface area contributed by atoms with Crippen molar-refractivity contribution in [3.05, 3.63) is 0 Å². The average Bonchev–Trinajstić information content (AvgIpc) is 2.17. The first-order chi connectivity index (χ1) is 7.09. The molecule has 0 saturated carbocycles. The van der Waals surface area contributed by atoms with Gasteiger partial charge in [0.25, 0.3) is 0 Å². The fraction of sp³-hybridized carbons (Fsp3) is 0.909. The second-order valence-corrected chi connectivity index (χ2v) is 4.34. The molecule has 0 bridgehead atoms. The SMILES string of the molecule is CC1CC(N(C)CCCC(=O)O)CCO1. The Hall–Kier alpha value is -0.610. The number of carbonyl (C=O) groups is 1. The maximum Gasteiger partial charge on any atom is 0.303 e. The van der Waals surface area contributed by atoms with Gasteiger partial charge in [0.2, 0.25) is 0 Å². The van der Waals surface area contributed by atoms with Gasteiger partial charge in [-0.15, -0.1) is 0 Å². The minimum absolute atomic E-state index is 0.267. The number of hydrogen-bond acceptors (Lipinski definition) is 3. The van der Waals surface area contributed by atoms with Crippen molar-refractivity contribution in [3.63, 3.8) is 0 Å². The largest absolute Gasteiger partial charge is 0.481 e. The molecule has 1 N–H and O–H groups in total. The van der Waals surface area contributed by atoms with Crippen molar-refractivity contribution in [1.82, 2.24) is 4.90 Å². The standard InChI is InChI=1S/C11H21NO3/c1-9-8-10(5-7-15-9)12(2)6-3-4-11(13)14/h9-10H,3-8H2,1-2H3,(H,13,14). The lowest BCUT2D eigenvalue weighted by Crippen LogP contribution is -2.39. The van der Waals surface area contributed by atoms with E-state index >= 15 is 0 Å². The zero-order valence-corrected chi connectivity index (χ0v) is 9.61. The van der Waals surface area contributed by atoms with Crippen LogP contribution < -0.4 is 0 Å². The smallest absolute Gasteiger partial charge is 0.303 e. The van der Waals surface area contributed by atoms with Crippen LogP contribution in [0.25, 0.3) is 0 Å². The number of carboxylic acids is 1. The van der Waals surface area contributed by atoms with Crippen LogP contribution in [0.4, 0.5) is 0 Å². The average molecular weight is 215 g/mol. The number of aliphatic carboxylic acids is 1. The van der Waals surface area contributed by atoms with E-state index in [1.807, 2.05) is 0 Å². The molecule has 2 atom stereocenters. The van der Waals surface area contributed by atoms with Gasteiger partial charge in [-0.25, -0.2) is 0 Å². The molecule has 0 spiro atoms. The predicted molar refractivity (Wildman–Crippen MR) is 57.9 cm³/mol. The third kappa shape index (κ3) is 4.62. The molecule has 0 aromatic heterocycles. The molecular weight excluding hydrogens is 194 g/mol. The van der Waals surface area contributed by atoms with E-state index in [4.69, 9.17) is 9.84 Å². The fourth-order valence-corrected chi connectivity index (χ4v) is 2.04. The zero-order valence-electron chi connectivity index (χ0n) is 9.61. The Labute approximate surface area is 91.2 Å². The van der Waals surface area contributed by atoms with Crippen molar-refractivity contribution < 1.29 is 14.6 Å². The van der Waals surface area contributed by atoms with Gasteiger partial charge in [-0.3, -0.25) is 4.79 Å². The zero-order chi connectivity index (χ0) is 11.3. The van der Waals surface area contributed by atoms with E-state index in [0.29, 0.717) is 12.1 Å². The molecule has 1 aliphatic rings. The first-order valence-corrected chi connectivity index (χ1v) is 5.63. The Morgan fingerprint density at radius 3 is 2.93 bits per heavy atom. The summed E-state index contributed by atoms with van der Waals surface area (Å²) in [6, 6.07) is 0.558. The Bertz CT molecular complexity index is 208. The Morgan fingerprint density at radius 1 is 1.60 bits per heavy atom. The van der Waals surface area contributed by atoms with Gasteiger partial charge in [0.1, 0.15) is 0 Å². The minimum Gasteiger partial charge on any atom is -0.481 e. The van der Waals surface area contributed by atoms with Crippen molar-refractivity contribution in [2.24, 2.45) is 0 Å². The van der Waals surface area contributed by atoms with E-state index in [1.165, 1.54) is 0 Å². The quantitative estimate of drug-likeness (QED) is 0.752. The van der Waals surface area contributed by atoms with Crippen LogP contribution in [0.5, 0.6) is 0 Å². The summed E-state index contributed by atoms with van der Waals surface area (Å²) in [6.07, 6.45) is 3.46. The van der Waals surface area contributed by atoms with E-state index in [9.17, 15) is 4.79 Å². The highest BCUT2D eigenvalue weighted by atomic mass is 16.5. The number of carboxylic acid groups (broad SMARTS) is 1. The highest BCUT2D eigenvalue weighted by molar-refractivity contribution is 5.66. The second kappa shape index (κ2) is 6.08. The molecule has 0 amide bonds. The van der Waals surface area contributed by atoms with Crippen LogP contribution >= 0.6 is 0 Å². The first-order valence-electron chi connectivity index (χ1n) is 5.63. The third-order valence-corrected chi connectivity index (χ3v) is 2.98. The normalized spacial score (nSPS) is 26.9. The van der Waals surface area contributed by atoms with Crippen molar-refractivity contribution in [2.45, 2.75) is 44.8 Å². The summed E-state index contributed by atoms with van der Waals surface area (Å²) in [5, 5.41) is 8.54. The third-order valence-electron chi connectivity index (χ3n) is 2.98. The maximum absolute atomic E-state index is 10.4. The van der Waals surface area contributed by atoms with Crippen molar-refractivity contribution in [1.29, 1.82) is 0 Å². The van der Waals surface area contributed by atoms with Gasteiger partial charge in [-0.1, -0.05) is 0 Å². The molecule has 1 saturated heterocycles. The van der Waals surface area contributed by atoms with Gasteiger partial charge in [0.05, 0.1) is 6.10 Å². The monoisotopic (exact) mass is 215 g/mol. The van der Waals surface area contributed by atoms with E-state index in [-0.39, 0.29) is 6.42 Å². The summed E-state index contributed by atoms with van der Waals surface area (Å²) in [7, 11) is 2.07. The summed E-state index contributed by atoms with van der Waals surface area (Å²) in [5.74, 6) is -0.705. The first kappa shape index (κ1) is 12.5. The van der Waals surface area contributed by atoms with Crippen LogP contribution in [0, 0.1) is 0 Å². The lowest BCUT2D eigenvalue weighted by molar-refractivity contribution is -0.137. The number of ether oxygens (including phenoxy) is 1. The number of hydrogen-bond donors (Lipinski definition) is 1. The van der Waals surface area contributed by atoms with Gasteiger partial charge in [-0.2, -0.15) is 0 Å². The minimum atomic E-state index is -0.705. The molecule has 0 radical (unpaired) electrons. The highest BCUT2D eigenvalue weighted by Gasteiger charge is 2.22. The van der Waals surface area contributed by atoms with E-state index in [0.717, 1.165) is 32.4 Å². The van der Waals surface area contributed by atoms with E-state index < -0.39 is 5.97 Å². The molecule has 0 aliphatic carbocycles. The molecule has 0 aromatic carbocycles. The summed E-state index contributed by atoms with van der Waals surface area (Å²) in [4.78, 5) is 12.6.